The van der Waals surface area contributed by atoms with Crippen LogP contribution in [0.2, 0.25) is 0 Å². The molecule has 1 saturated carbocycles. The van der Waals surface area contributed by atoms with Crippen molar-refractivity contribution in [2.24, 2.45) is 5.92 Å². The number of rotatable bonds is 7. The fourth-order valence-corrected chi connectivity index (χ4v) is 4.10. The van der Waals surface area contributed by atoms with Gasteiger partial charge in [-0.2, -0.15) is 0 Å². The summed E-state index contributed by atoms with van der Waals surface area (Å²) in [5.41, 5.74) is 2.62. The lowest BCUT2D eigenvalue weighted by atomic mass is 9.93. The van der Waals surface area contributed by atoms with Gasteiger partial charge in [-0.3, -0.25) is 4.79 Å². The molecule has 0 aromatic heterocycles. The fraction of sp³-hybridized carbons (Fsp3) is 0.435. The van der Waals surface area contributed by atoms with Crippen LogP contribution in [0, 0.1) is 5.92 Å². The van der Waals surface area contributed by atoms with Crippen LogP contribution in [0.4, 0.5) is 5.69 Å². The Kier molecular flexibility index (Phi) is 4.57. The zero-order valence-electron chi connectivity index (χ0n) is 15.9. The first-order valence-corrected chi connectivity index (χ1v) is 10.2. The third-order valence-electron chi connectivity index (χ3n) is 5.96. The molecule has 2 N–H and O–H groups in total. The van der Waals surface area contributed by atoms with E-state index < -0.39 is 0 Å². The van der Waals surface area contributed by atoms with Crippen LogP contribution < -0.4 is 15.4 Å². The molecule has 2 aliphatic heterocycles. The fourth-order valence-electron chi connectivity index (χ4n) is 4.10. The molecule has 3 fully saturated rings. The van der Waals surface area contributed by atoms with E-state index in [-0.39, 0.29) is 11.5 Å². The maximum atomic E-state index is 12.5. The molecule has 3 aliphatic rings. The normalized spacial score (nSPS) is 25.6. The first-order valence-electron chi connectivity index (χ1n) is 10.2. The summed E-state index contributed by atoms with van der Waals surface area (Å²) in [7, 11) is 0. The summed E-state index contributed by atoms with van der Waals surface area (Å²) in [6.07, 6.45) is 4.54. The Balaban J connectivity index is 1.17. The zero-order valence-corrected chi connectivity index (χ0v) is 15.9. The second-order valence-electron chi connectivity index (χ2n) is 8.38. The molecule has 5 rings (SSSR count). The van der Waals surface area contributed by atoms with Gasteiger partial charge in [0.05, 0.1) is 18.8 Å². The number of fused-ring (bicyclic) bond motifs is 2. The van der Waals surface area contributed by atoms with Crippen molar-refractivity contribution in [2.75, 3.05) is 25.1 Å². The van der Waals surface area contributed by atoms with Crippen molar-refractivity contribution >= 4 is 11.6 Å². The maximum absolute atomic E-state index is 12.5. The minimum Gasteiger partial charge on any atom is -0.493 e. The summed E-state index contributed by atoms with van der Waals surface area (Å²) in [6.45, 7) is 2.52. The van der Waals surface area contributed by atoms with Crippen LogP contribution >= 0.6 is 0 Å². The summed E-state index contributed by atoms with van der Waals surface area (Å²) >= 11 is 0. The van der Waals surface area contributed by atoms with Gasteiger partial charge in [-0.25, -0.2) is 0 Å². The molecule has 0 radical (unpaired) electrons. The van der Waals surface area contributed by atoms with Gasteiger partial charge in [0, 0.05) is 30.3 Å². The molecule has 1 aliphatic carbocycles. The number of amides is 1. The quantitative estimate of drug-likeness (QED) is 0.775. The molecular formula is C23H26N2O3. The molecule has 1 amide bonds. The van der Waals surface area contributed by atoms with Gasteiger partial charge in [-0.05, 0) is 67.1 Å². The highest BCUT2D eigenvalue weighted by Gasteiger charge is 2.45. The van der Waals surface area contributed by atoms with E-state index >= 15 is 0 Å². The van der Waals surface area contributed by atoms with Gasteiger partial charge in [0.2, 0.25) is 0 Å². The monoisotopic (exact) mass is 378 g/mol. The standard InChI is InChI=1S/C23H26N2O3/c26-22(18-5-9-21(10-6-18)27-13-17-1-2-17)25-19-7-3-16(4-8-19)11-23-12-20(14-28-23)24-15-23/h3-10,17,20,24H,1-2,11-15H2,(H,25,26). The lowest BCUT2D eigenvalue weighted by molar-refractivity contribution is -0.00521. The lowest BCUT2D eigenvalue weighted by Gasteiger charge is -2.26. The summed E-state index contributed by atoms with van der Waals surface area (Å²) in [4.78, 5) is 12.5. The number of morpholine rings is 1. The summed E-state index contributed by atoms with van der Waals surface area (Å²) < 4.78 is 11.7. The van der Waals surface area contributed by atoms with Gasteiger partial charge < -0.3 is 20.1 Å². The van der Waals surface area contributed by atoms with Gasteiger partial charge in [-0.1, -0.05) is 12.1 Å². The highest BCUT2D eigenvalue weighted by atomic mass is 16.5. The van der Waals surface area contributed by atoms with Crippen LogP contribution in [0.25, 0.3) is 0 Å². The van der Waals surface area contributed by atoms with E-state index in [1.807, 2.05) is 36.4 Å². The first-order chi connectivity index (χ1) is 13.7. The third-order valence-corrected chi connectivity index (χ3v) is 5.96. The SMILES string of the molecule is O=C(Nc1ccc(CC23CNC(CO2)C3)cc1)c1ccc(OCC2CC2)cc1. The van der Waals surface area contributed by atoms with Crippen molar-refractivity contribution in [3.05, 3.63) is 59.7 Å². The first kappa shape index (κ1) is 17.7. The molecule has 2 heterocycles. The van der Waals surface area contributed by atoms with Crippen molar-refractivity contribution in [3.8, 4) is 5.75 Å². The minimum absolute atomic E-state index is 0.0429. The van der Waals surface area contributed by atoms with Gasteiger partial charge >= 0.3 is 0 Å². The molecule has 2 bridgehead atoms. The van der Waals surface area contributed by atoms with E-state index in [0.717, 1.165) is 50.0 Å². The molecule has 2 aromatic rings. The van der Waals surface area contributed by atoms with E-state index in [1.54, 1.807) is 0 Å². The van der Waals surface area contributed by atoms with Gasteiger partial charge in [-0.15, -0.1) is 0 Å². The number of hydrogen-bond acceptors (Lipinski definition) is 4. The topological polar surface area (TPSA) is 59.6 Å². The molecule has 2 atom stereocenters. The second-order valence-corrected chi connectivity index (χ2v) is 8.38. The van der Waals surface area contributed by atoms with Gasteiger partial charge in [0.15, 0.2) is 0 Å². The molecular weight excluding hydrogens is 352 g/mol. The summed E-state index contributed by atoms with van der Waals surface area (Å²) in [5, 5.41) is 6.47. The average molecular weight is 378 g/mol. The average Bonchev–Trinajstić information content (AvgIpc) is 3.36. The highest BCUT2D eigenvalue weighted by molar-refractivity contribution is 6.04. The van der Waals surface area contributed by atoms with Crippen LogP contribution in [-0.2, 0) is 11.2 Å². The Morgan fingerprint density at radius 3 is 2.54 bits per heavy atom. The smallest absolute Gasteiger partial charge is 0.255 e. The maximum Gasteiger partial charge on any atom is 0.255 e. The van der Waals surface area contributed by atoms with Crippen molar-refractivity contribution in [1.29, 1.82) is 0 Å². The van der Waals surface area contributed by atoms with E-state index in [9.17, 15) is 4.79 Å². The molecule has 0 spiro atoms. The Labute approximate surface area is 165 Å². The lowest BCUT2D eigenvalue weighted by Crippen LogP contribution is -2.40. The summed E-state index contributed by atoms with van der Waals surface area (Å²) in [6, 6.07) is 16.0. The number of carbonyl (C=O) groups is 1. The Hall–Kier alpha value is -2.37. The number of ether oxygens (including phenoxy) is 2. The zero-order chi connectivity index (χ0) is 19.0. The molecule has 28 heavy (non-hydrogen) atoms. The Morgan fingerprint density at radius 1 is 1.14 bits per heavy atom. The third kappa shape index (κ3) is 3.91. The molecule has 2 saturated heterocycles. The second kappa shape index (κ2) is 7.22. The molecule has 146 valence electrons. The van der Waals surface area contributed by atoms with E-state index in [0.29, 0.717) is 11.6 Å². The van der Waals surface area contributed by atoms with Crippen LogP contribution in [0.15, 0.2) is 48.5 Å². The molecule has 5 nitrogen and oxygen atoms in total. The van der Waals surface area contributed by atoms with E-state index in [1.165, 1.54) is 18.4 Å². The number of nitrogens with one attached hydrogen (secondary N) is 2. The van der Waals surface area contributed by atoms with E-state index in [2.05, 4.69) is 22.8 Å². The van der Waals surface area contributed by atoms with Crippen molar-refractivity contribution in [3.63, 3.8) is 0 Å². The van der Waals surface area contributed by atoms with Gasteiger partial charge in [0.25, 0.3) is 5.91 Å². The molecule has 2 unspecified atom stereocenters. The molecule has 5 heteroatoms. The number of carbonyl (C=O) groups excluding carboxylic acids is 1. The van der Waals surface area contributed by atoms with Crippen LogP contribution in [0.3, 0.4) is 0 Å². The van der Waals surface area contributed by atoms with Crippen molar-refractivity contribution < 1.29 is 14.3 Å². The van der Waals surface area contributed by atoms with Gasteiger partial charge in [0.1, 0.15) is 5.75 Å². The van der Waals surface area contributed by atoms with Crippen LogP contribution in [-0.4, -0.2) is 37.3 Å². The summed E-state index contributed by atoms with van der Waals surface area (Å²) in [5.74, 6) is 1.43. The van der Waals surface area contributed by atoms with Crippen molar-refractivity contribution in [2.45, 2.75) is 37.3 Å². The minimum atomic E-state index is -0.109. The predicted molar refractivity (Wildman–Crippen MR) is 108 cm³/mol. The van der Waals surface area contributed by atoms with Crippen molar-refractivity contribution in [1.82, 2.24) is 5.32 Å². The largest absolute Gasteiger partial charge is 0.493 e. The number of anilines is 1. The Morgan fingerprint density at radius 2 is 1.93 bits per heavy atom. The van der Waals surface area contributed by atoms with Crippen LogP contribution in [0.5, 0.6) is 5.75 Å². The highest BCUT2D eigenvalue weighted by Crippen LogP contribution is 2.34. The number of hydrogen-bond donors (Lipinski definition) is 2. The number of benzene rings is 2. The Bertz CT molecular complexity index is 835. The van der Waals surface area contributed by atoms with Crippen LogP contribution in [0.1, 0.15) is 35.2 Å². The predicted octanol–water partition coefficient (Wildman–Crippen LogP) is 3.40. The van der Waals surface area contributed by atoms with E-state index in [4.69, 9.17) is 9.47 Å². The molecule has 2 aromatic carbocycles.